The van der Waals surface area contributed by atoms with Crippen LogP contribution in [0.1, 0.15) is 88.3 Å². The van der Waals surface area contributed by atoms with Crippen LogP contribution in [0.5, 0.6) is 0 Å². The number of unbranched alkanes of at least 4 members (excludes halogenated alkanes) is 3. The number of rotatable bonds is 18. The lowest BCUT2D eigenvalue weighted by Gasteiger charge is -2.43. The summed E-state index contributed by atoms with van der Waals surface area (Å²) in [6.07, 6.45) is 5.99. The molecule has 2 heterocycles. The minimum absolute atomic E-state index is 0.0276. The van der Waals surface area contributed by atoms with E-state index in [1.54, 1.807) is 26.8 Å². The number of carbonyl (C=O) groups excluding carboxylic acids is 2. The van der Waals surface area contributed by atoms with E-state index < -0.39 is 23.2 Å². The standard InChI is InChI=1S/C43H52N4O9/c1-4-52-41(48)55-39-32(3)45-37(40(56-42(49)53-5-2)38(39)33-17-16-22-36(31-33)47(50)51)23-26-44-54-30-15-7-6-14-27-46-28-24-43(25-29-46,34-18-10-8-11-19-34)35-20-12-9-13-21-35/h8-13,16-22,26,31,38,45H,4-7,14-15,23-25,27-30H2,1-3H3. The van der Waals surface area contributed by atoms with Crippen LogP contribution in [0.25, 0.3) is 0 Å². The number of non-ortho nitro benzene ring substituents is 1. The van der Waals surface area contributed by atoms with Gasteiger partial charge in [0, 0.05) is 30.2 Å². The van der Waals surface area contributed by atoms with Crippen molar-refractivity contribution in [2.24, 2.45) is 5.16 Å². The van der Waals surface area contributed by atoms with Crippen LogP contribution in [0, 0.1) is 10.1 Å². The van der Waals surface area contributed by atoms with E-state index in [9.17, 15) is 19.7 Å². The second-order valence-corrected chi connectivity index (χ2v) is 13.7. The lowest BCUT2D eigenvalue weighted by Crippen LogP contribution is -2.43. The van der Waals surface area contributed by atoms with Gasteiger partial charge in [0.25, 0.3) is 5.69 Å². The van der Waals surface area contributed by atoms with Crippen molar-refractivity contribution in [1.29, 1.82) is 0 Å². The van der Waals surface area contributed by atoms with E-state index in [1.165, 1.54) is 35.5 Å². The fourth-order valence-electron chi connectivity index (χ4n) is 7.37. The van der Waals surface area contributed by atoms with Crippen molar-refractivity contribution in [2.45, 2.75) is 77.0 Å². The summed E-state index contributed by atoms with van der Waals surface area (Å²) in [5, 5.41) is 18.9. The van der Waals surface area contributed by atoms with Gasteiger partial charge in [0.1, 0.15) is 24.0 Å². The maximum Gasteiger partial charge on any atom is 0.513 e. The van der Waals surface area contributed by atoms with Crippen molar-refractivity contribution in [3.8, 4) is 0 Å². The topological polar surface area (TPSA) is 151 Å². The van der Waals surface area contributed by atoms with Gasteiger partial charge in [-0.05, 0) is 89.2 Å². The highest BCUT2D eigenvalue weighted by molar-refractivity contribution is 5.67. The van der Waals surface area contributed by atoms with Crippen LogP contribution in [0.15, 0.2) is 113 Å². The van der Waals surface area contributed by atoms with Gasteiger partial charge >= 0.3 is 12.3 Å². The first-order valence-corrected chi connectivity index (χ1v) is 19.4. The molecule has 2 aliphatic heterocycles. The molecule has 0 saturated carbocycles. The van der Waals surface area contributed by atoms with E-state index in [2.05, 4.69) is 76.0 Å². The third-order valence-corrected chi connectivity index (χ3v) is 10.1. The number of oxime groups is 1. The number of ether oxygens (including phenoxy) is 4. The molecule has 0 aromatic heterocycles. The first-order valence-electron chi connectivity index (χ1n) is 19.4. The van der Waals surface area contributed by atoms with Crippen LogP contribution in [0.2, 0.25) is 0 Å². The van der Waals surface area contributed by atoms with Gasteiger partial charge in [0.15, 0.2) is 0 Å². The number of hydrogen-bond acceptors (Lipinski definition) is 12. The van der Waals surface area contributed by atoms with E-state index in [0.29, 0.717) is 23.6 Å². The van der Waals surface area contributed by atoms with Crippen LogP contribution in [0.3, 0.4) is 0 Å². The fourth-order valence-corrected chi connectivity index (χ4v) is 7.37. The number of dihydropyridines is 1. The van der Waals surface area contributed by atoms with Crippen molar-refractivity contribution in [2.75, 3.05) is 39.5 Å². The molecule has 0 spiro atoms. The molecule has 13 heteroatoms. The third kappa shape index (κ3) is 11.0. The van der Waals surface area contributed by atoms with Crippen molar-refractivity contribution in [3.05, 3.63) is 135 Å². The molecule has 1 unspecified atom stereocenters. The maximum atomic E-state index is 12.6. The lowest BCUT2D eigenvalue weighted by molar-refractivity contribution is -0.384. The van der Waals surface area contributed by atoms with Crippen LogP contribution >= 0.6 is 0 Å². The molecule has 2 aliphatic rings. The molecule has 0 bridgehead atoms. The Morgan fingerprint density at radius 2 is 1.46 bits per heavy atom. The monoisotopic (exact) mass is 768 g/mol. The van der Waals surface area contributed by atoms with Crippen molar-refractivity contribution >= 4 is 24.2 Å². The molecule has 0 amide bonds. The number of carbonyl (C=O) groups is 2. The minimum atomic E-state index is -1.03. The predicted octanol–water partition coefficient (Wildman–Crippen LogP) is 9.11. The molecule has 13 nitrogen and oxygen atoms in total. The predicted molar refractivity (Wildman–Crippen MR) is 212 cm³/mol. The van der Waals surface area contributed by atoms with E-state index in [1.807, 2.05) is 0 Å². The summed E-state index contributed by atoms with van der Waals surface area (Å²) in [4.78, 5) is 44.4. The summed E-state index contributed by atoms with van der Waals surface area (Å²) in [5.74, 6) is -0.956. The lowest BCUT2D eigenvalue weighted by atomic mass is 9.68. The molecular formula is C43H52N4O9. The third-order valence-electron chi connectivity index (χ3n) is 10.1. The number of nitro groups is 1. The molecular weight excluding hydrogens is 716 g/mol. The van der Waals surface area contributed by atoms with Gasteiger partial charge in [-0.3, -0.25) is 10.1 Å². The molecule has 1 fully saturated rings. The molecule has 3 aromatic carbocycles. The van der Waals surface area contributed by atoms with Crippen molar-refractivity contribution in [3.63, 3.8) is 0 Å². The Bertz CT molecular complexity index is 1810. The quantitative estimate of drug-likeness (QED) is 0.0434. The first-order chi connectivity index (χ1) is 27.3. The van der Waals surface area contributed by atoms with Crippen LogP contribution in [-0.2, 0) is 29.2 Å². The molecule has 1 saturated heterocycles. The number of benzene rings is 3. The van der Waals surface area contributed by atoms with Gasteiger partial charge in [0.2, 0.25) is 0 Å². The Morgan fingerprint density at radius 1 is 0.857 bits per heavy atom. The molecule has 56 heavy (non-hydrogen) atoms. The van der Waals surface area contributed by atoms with Gasteiger partial charge in [-0.2, -0.15) is 0 Å². The zero-order valence-corrected chi connectivity index (χ0v) is 32.4. The van der Waals surface area contributed by atoms with Crippen LogP contribution in [-0.4, -0.2) is 67.8 Å². The maximum absolute atomic E-state index is 12.6. The Balaban J connectivity index is 1.13. The summed E-state index contributed by atoms with van der Waals surface area (Å²) in [6, 6.07) is 27.6. The molecule has 1 atom stereocenters. The minimum Gasteiger partial charge on any atom is -0.434 e. The number of nitro benzene ring substituents is 1. The SMILES string of the molecule is CCOC(=O)OC1=C(C)NC(CC=NOCCCCCCN2CCC(c3ccccc3)(c3ccccc3)CC2)=C(OC(=O)OCC)C1c1cccc([N+](=O)[O-])c1. The number of piperidine rings is 1. The summed E-state index contributed by atoms with van der Waals surface area (Å²) in [7, 11) is 0. The smallest absolute Gasteiger partial charge is 0.434 e. The van der Waals surface area contributed by atoms with E-state index in [0.717, 1.165) is 58.2 Å². The van der Waals surface area contributed by atoms with Crippen LogP contribution < -0.4 is 5.32 Å². The second-order valence-electron chi connectivity index (χ2n) is 13.7. The Kier molecular flexibility index (Phi) is 15.4. The summed E-state index contributed by atoms with van der Waals surface area (Å²) >= 11 is 0. The highest BCUT2D eigenvalue weighted by Crippen LogP contribution is 2.43. The number of hydrogen-bond donors (Lipinski definition) is 1. The van der Waals surface area contributed by atoms with E-state index in [4.69, 9.17) is 23.8 Å². The number of nitrogens with one attached hydrogen (secondary N) is 1. The highest BCUT2D eigenvalue weighted by atomic mass is 16.7. The highest BCUT2D eigenvalue weighted by Gasteiger charge is 2.38. The zero-order valence-electron chi connectivity index (χ0n) is 32.4. The Morgan fingerprint density at radius 3 is 2.07 bits per heavy atom. The average Bonchev–Trinajstić information content (AvgIpc) is 3.21. The Labute approximate surface area is 328 Å². The summed E-state index contributed by atoms with van der Waals surface area (Å²) < 4.78 is 21.3. The molecule has 0 radical (unpaired) electrons. The van der Waals surface area contributed by atoms with Gasteiger partial charge in [0.05, 0.1) is 29.5 Å². The van der Waals surface area contributed by atoms with E-state index >= 15 is 0 Å². The number of likely N-dealkylation sites (tertiary alicyclic amines) is 1. The molecule has 298 valence electrons. The second kappa shape index (κ2) is 20.8. The normalized spacial score (nSPS) is 16.9. The van der Waals surface area contributed by atoms with Crippen molar-refractivity contribution in [1.82, 2.24) is 10.2 Å². The molecule has 5 rings (SSSR count). The molecule has 3 aromatic rings. The summed E-state index contributed by atoms with van der Waals surface area (Å²) in [6.45, 7) is 8.71. The van der Waals surface area contributed by atoms with Crippen LogP contribution in [0.4, 0.5) is 15.3 Å². The average molecular weight is 769 g/mol. The first kappa shape index (κ1) is 41.5. The van der Waals surface area contributed by atoms with Gasteiger partial charge in [-0.25, -0.2) is 9.59 Å². The van der Waals surface area contributed by atoms with Gasteiger partial charge < -0.3 is 34.0 Å². The van der Waals surface area contributed by atoms with Gasteiger partial charge in [-0.15, -0.1) is 0 Å². The van der Waals surface area contributed by atoms with E-state index in [-0.39, 0.29) is 42.3 Å². The Hall–Kier alpha value is -5.69. The summed E-state index contributed by atoms with van der Waals surface area (Å²) in [5.41, 5.74) is 3.82. The van der Waals surface area contributed by atoms with Crippen molar-refractivity contribution < 1.29 is 38.3 Å². The largest absolute Gasteiger partial charge is 0.513 e. The number of allylic oxidation sites excluding steroid dienone is 2. The molecule has 1 N–H and O–H groups in total. The van der Waals surface area contributed by atoms with Gasteiger partial charge in [-0.1, -0.05) is 84.4 Å². The zero-order chi connectivity index (χ0) is 39.8. The fraction of sp³-hybridized carbons (Fsp3) is 0.419. The number of nitrogens with zero attached hydrogens (tertiary/aromatic N) is 3. The molecule has 0 aliphatic carbocycles.